The van der Waals surface area contributed by atoms with Crippen molar-refractivity contribution < 1.29 is 4.92 Å². The predicted molar refractivity (Wildman–Crippen MR) is 60.3 cm³/mol. The Morgan fingerprint density at radius 2 is 2.33 bits per heavy atom. The maximum Gasteiger partial charge on any atom is 0.334 e. The van der Waals surface area contributed by atoms with Crippen molar-refractivity contribution in [3.05, 3.63) is 50.9 Å². The van der Waals surface area contributed by atoms with Crippen molar-refractivity contribution in [1.29, 1.82) is 0 Å². The van der Waals surface area contributed by atoms with E-state index in [4.69, 9.17) is 0 Å². The molecule has 0 amide bonds. The van der Waals surface area contributed by atoms with Gasteiger partial charge in [-0.3, -0.25) is 14.9 Å². The van der Waals surface area contributed by atoms with Crippen molar-refractivity contribution in [2.75, 3.05) is 5.75 Å². The first kappa shape index (κ1) is 11.5. The van der Waals surface area contributed by atoms with Gasteiger partial charge in [-0.15, -0.1) is 0 Å². The number of hydrogen-bond donors (Lipinski definition) is 1. The summed E-state index contributed by atoms with van der Waals surface area (Å²) in [5, 5.41) is 10.5. The van der Waals surface area contributed by atoms with Gasteiger partial charge in [-0.2, -0.15) is 12.6 Å². The van der Waals surface area contributed by atoms with Crippen LogP contribution >= 0.6 is 12.6 Å². The maximum atomic E-state index is 11.5. The molecule has 1 aromatic rings. The smallest absolute Gasteiger partial charge is 0.306 e. The van der Waals surface area contributed by atoms with E-state index >= 15 is 0 Å². The second kappa shape index (κ2) is 4.79. The molecule has 6 heteroatoms. The molecular weight excluding hydrogens is 216 g/mol. The Morgan fingerprint density at radius 1 is 1.67 bits per heavy atom. The average molecular weight is 226 g/mol. The van der Waals surface area contributed by atoms with Gasteiger partial charge in [0.15, 0.2) is 0 Å². The Balaban J connectivity index is 3.11. The minimum Gasteiger partial charge on any atom is -0.306 e. The topological polar surface area (TPSA) is 65.1 Å². The second-order valence-electron chi connectivity index (χ2n) is 2.99. The van der Waals surface area contributed by atoms with Crippen molar-refractivity contribution in [3.63, 3.8) is 0 Å². The molecule has 0 atom stereocenters. The van der Waals surface area contributed by atoms with Gasteiger partial charge in [0, 0.05) is 24.6 Å². The highest BCUT2D eigenvalue weighted by molar-refractivity contribution is 7.80. The van der Waals surface area contributed by atoms with Crippen LogP contribution in [0.25, 0.3) is 0 Å². The monoisotopic (exact) mass is 226 g/mol. The van der Waals surface area contributed by atoms with Crippen LogP contribution in [0.2, 0.25) is 0 Å². The molecule has 0 bridgehead atoms. The first-order chi connectivity index (χ1) is 7.06. The first-order valence-corrected chi connectivity index (χ1v) is 4.81. The molecule has 0 spiro atoms. The summed E-state index contributed by atoms with van der Waals surface area (Å²) < 4.78 is 1.25. The molecule has 80 valence electrons. The zero-order chi connectivity index (χ0) is 11.4. The molecule has 0 aliphatic carbocycles. The van der Waals surface area contributed by atoms with E-state index in [2.05, 4.69) is 19.2 Å². The first-order valence-electron chi connectivity index (χ1n) is 4.17. The van der Waals surface area contributed by atoms with E-state index < -0.39 is 16.2 Å². The van der Waals surface area contributed by atoms with Crippen LogP contribution in [0, 0.1) is 10.1 Å². The number of nitrogens with zero attached hydrogens (tertiary/aromatic N) is 2. The molecule has 0 saturated carbocycles. The lowest BCUT2D eigenvalue weighted by Crippen LogP contribution is -2.22. The number of thiol groups is 1. The van der Waals surface area contributed by atoms with E-state index in [1.807, 2.05) is 0 Å². The molecule has 5 nitrogen and oxygen atoms in total. The van der Waals surface area contributed by atoms with Gasteiger partial charge in [0.1, 0.15) is 0 Å². The number of hydrogen-bond acceptors (Lipinski definition) is 4. The molecule has 0 saturated heterocycles. The van der Waals surface area contributed by atoms with Gasteiger partial charge < -0.3 is 4.57 Å². The fourth-order valence-electron chi connectivity index (χ4n) is 1.08. The lowest BCUT2D eigenvalue weighted by atomic mass is 10.3. The second-order valence-corrected chi connectivity index (χ2v) is 3.31. The standard InChI is InChI=1S/C9H10N2O3S/c1-7(6-15)5-10-4-2-3-8(9(10)12)11(13)14/h2-4,15H,1,5-6H2. The highest BCUT2D eigenvalue weighted by atomic mass is 32.1. The SMILES string of the molecule is C=C(CS)Cn1cccc([N+](=O)[O-])c1=O. The number of rotatable bonds is 4. The summed E-state index contributed by atoms with van der Waals surface area (Å²) in [6.07, 6.45) is 1.49. The van der Waals surface area contributed by atoms with Crippen LogP contribution in [-0.4, -0.2) is 15.2 Å². The third-order valence-corrected chi connectivity index (χ3v) is 2.26. The summed E-state index contributed by atoms with van der Waals surface area (Å²) in [7, 11) is 0. The number of aromatic nitrogens is 1. The summed E-state index contributed by atoms with van der Waals surface area (Å²) >= 11 is 4.00. The van der Waals surface area contributed by atoms with Gasteiger partial charge in [-0.25, -0.2) is 0 Å². The van der Waals surface area contributed by atoms with Crippen LogP contribution in [0.1, 0.15) is 0 Å². The molecule has 1 rings (SSSR count). The maximum absolute atomic E-state index is 11.5. The third kappa shape index (κ3) is 2.69. The van der Waals surface area contributed by atoms with Crippen molar-refractivity contribution in [1.82, 2.24) is 4.57 Å². The van der Waals surface area contributed by atoms with Gasteiger partial charge in [0.05, 0.1) is 4.92 Å². The summed E-state index contributed by atoms with van der Waals surface area (Å²) in [4.78, 5) is 21.3. The summed E-state index contributed by atoms with van der Waals surface area (Å²) in [5.74, 6) is 0.440. The van der Waals surface area contributed by atoms with Gasteiger partial charge in [-0.1, -0.05) is 6.58 Å². The van der Waals surface area contributed by atoms with E-state index in [1.165, 1.54) is 22.9 Å². The lowest BCUT2D eigenvalue weighted by Gasteiger charge is -2.05. The largest absolute Gasteiger partial charge is 0.334 e. The minimum absolute atomic E-state index is 0.254. The fraction of sp³-hybridized carbons (Fsp3) is 0.222. The van der Waals surface area contributed by atoms with E-state index in [9.17, 15) is 14.9 Å². The normalized spacial score (nSPS) is 9.93. The van der Waals surface area contributed by atoms with Crippen molar-refractivity contribution >= 4 is 18.3 Å². The Kier molecular flexibility index (Phi) is 3.68. The van der Waals surface area contributed by atoms with E-state index in [1.54, 1.807) is 0 Å². The van der Waals surface area contributed by atoms with Crippen LogP contribution in [0.3, 0.4) is 0 Å². The molecule has 0 N–H and O–H groups in total. The molecule has 0 aliphatic rings. The van der Waals surface area contributed by atoms with Crippen LogP contribution in [0.15, 0.2) is 35.3 Å². The molecule has 0 fully saturated rings. The summed E-state index contributed by atoms with van der Waals surface area (Å²) in [5.41, 5.74) is -0.323. The molecule has 0 aromatic carbocycles. The van der Waals surface area contributed by atoms with Crippen LogP contribution < -0.4 is 5.56 Å². The zero-order valence-electron chi connectivity index (χ0n) is 7.92. The Bertz CT molecular complexity index is 453. The van der Waals surface area contributed by atoms with Crippen molar-refractivity contribution in [2.24, 2.45) is 0 Å². The number of pyridine rings is 1. The zero-order valence-corrected chi connectivity index (χ0v) is 8.81. The molecule has 1 aromatic heterocycles. The lowest BCUT2D eigenvalue weighted by molar-refractivity contribution is -0.386. The Hall–Kier alpha value is -1.56. The van der Waals surface area contributed by atoms with Gasteiger partial charge in [-0.05, 0) is 11.6 Å². The average Bonchev–Trinajstić information content (AvgIpc) is 2.20. The van der Waals surface area contributed by atoms with Gasteiger partial charge in [0.2, 0.25) is 0 Å². The van der Waals surface area contributed by atoms with Crippen LogP contribution in [0.5, 0.6) is 0 Å². The third-order valence-electron chi connectivity index (χ3n) is 1.81. The summed E-state index contributed by atoms with van der Waals surface area (Å²) in [6.45, 7) is 3.93. The molecule has 0 aliphatic heterocycles. The van der Waals surface area contributed by atoms with Crippen molar-refractivity contribution in [2.45, 2.75) is 6.54 Å². The summed E-state index contributed by atoms with van der Waals surface area (Å²) in [6, 6.07) is 2.65. The molecule has 0 unspecified atom stereocenters. The molecule has 0 radical (unpaired) electrons. The quantitative estimate of drug-likeness (QED) is 0.363. The van der Waals surface area contributed by atoms with E-state index in [0.29, 0.717) is 5.75 Å². The predicted octanol–water partition coefficient (Wildman–Crippen LogP) is 1.24. The Labute approximate surface area is 91.6 Å². The van der Waals surface area contributed by atoms with E-state index in [0.717, 1.165) is 5.57 Å². The Morgan fingerprint density at radius 3 is 2.87 bits per heavy atom. The molecular formula is C9H10N2O3S. The highest BCUT2D eigenvalue weighted by Gasteiger charge is 2.13. The van der Waals surface area contributed by atoms with Crippen LogP contribution in [-0.2, 0) is 6.54 Å². The minimum atomic E-state index is -0.692. The van der Waals surface area contributed by atoms with E-state index in [-0.39, 0.29) is 6.54 Å². The van der Waals surface area contributed by atoms with Gasteiger partial charge in [0.25, 0.3) is 0 Å². The van der Waals surface area contributed by atoms with Crippen molar-refractivity contribution in [3.8, 4) is 0 Å². The highest BCUT2D eigenvalue weighted by Crippen LogP contribution is 2.03. The van der Waals surface area contributed by atoms with Gasteiger partial charge >= 0.3 is 11.2 Å². The molecule has 15 heavy (non-hydrogen) atoms. The number of nitro groups is 1. The molecule has 1 heterocycles. The van der Waals surface area contributed by atoms with Crippen LogP contribution in [0.4, 0.5) is 5.69 Å². The fourth-order valence-corrected chi connectivity index (χ4v) is 1.18.